The average molecular weight is 469 g/mol. The van der Waals surface area contributed by atoms with Crippen LogP contribution in [0.15, 0.2) is 71.3 Å². The second kappa shape index (κ2) is 9.02. The van der Waals surface area contributed by atoms with E-state index in [1.165, 1.54) is 11.3 Å². The summed E-state index contributed by atoms with van der Waals surface area (Å²) in [4.78, 5) is 4.30. The largest absolute Gasteiger partial charge is 0.497 e. The van der Waals surface area contributed by atoms with Gasteiger partial charge in [0.1, 0.15) is 18.1 Å². The number of benzene rings is 2. The molecule has 2 aromatic heterocycles. The van der Waals surface area contributed by atoms with E-state index in [2.05, 4.69) is 36.4 Å². The van der Waals surface area contributed by atoms with Gasteiger partial charge in [-0.1, -0.05) is 33.3 Å². The molecule has 0 aliphatic carbocycles. The molecule has 6 nitrogen and oxygen atoms in total. The summed E-state index contributed by atoms with van der Waals surface area (Å²) >= 11 is 4.88. The highest BCUT2D eigenvalue weighted by Gasteiger charge is 2.14. The highest BCUT2D eigenvalue weighted by Crippen LogP contribution is 2.37. The monoisotopic (exact) mass is 468 g/mol. The van der Waals surface area contributed by atoms with Gasteiger partial charge in [-0.2, -0.15) is 0 Å². The zero-order valence-electron chi connectivity index (χ0n) is 15.5. The molecule has 0 fully saturated rings. The van der Waals surface area contributed by atoms with Gasteiger partial charge in [-0.15, -0.1) is 10.2 Å². The molecule has 0 bridgehead atoms. The number of nitrogens with zero attached hydrogens (tertiary/aromatic N) is 3. The smallest absolute Gasteiger partial charge is 0.210 e. The summed E-state index contributed by atoms with van der Waals surface area (Å²) < 4.78 is 12.4. The Kier molecular flexibility index (Phi) is 6.02. The van der Waals surface area contributed by atoms with Gasteiger partial charge in [0.05, 0.1) is 18.4 Å². The number of aromatic nitrogens is 3. The van der Waals surface area contributed by atoms with Gasteiger partial charge in [0.15, 0.2) is 5.01 Å². The number of methoxy groups -OCH3 is 1. The fourth-order valence-electron chi connectivity index (χ4n) is 2.60. The summed E-state index contributed by atoms with van der Waals surface area (Å²) in [6.07, 6.45) is 1.75. The molecule has 0 amide bonds. The topological polar surface area (TPSA) is 69.2 Å². The van der Waals surface area contributed by atoms with Crippen molar-refractivity contribution in [3.05, 3.63) is 77.0 Å². The van der Waals surface area contributed by atoms with Crippen molar-refractivity contribution < 1.29 is 9.47 Å². The Morgan fingerprint density at radius 2 is 1.90 bits per heavy atom. The number of halogens is 1. The van der Waals surface area contributed by atoms with E-state index in [1.807, 2.05) is 60.7 Å². The number of pyridine rings is 1. The molecule has 0 aliphatic rings. The summed E-state index contributed by atoms with van der Waals surface area (Å²) in [5.41, 5.74) is 2.61. The van der Waals surface area contributed by atoms with E-state index >= 15 is 0 Å². The second-order valence-electron chi connectivity index (χ2n) is 6.02. The Labute approximate surface area is 180 Å². The highest BCUT2D eigenvalue weighted by molar-refractivity contribution is 9.10. The van der Waals surface area contributed by atoms with Crippen molar-refractivity contribution >= 4 is 38.1 Å². The van der Waals surface area contributed by atoms with Crippen LogP contribution in [0, 0.1) is 0 Å². The maximum Gasteiger partial charge on any atom is 0.210 e. The summed E-state index contributed by atoms with van der Waals surface area (Å²) in [7, 11) is 1.63. The molecule has 0 saturated carbocycles. The molecule has 0 radical (unpaired) electrons. The molecule has 4 aromatic rings. The normalized spacial score (nSPS) is 10.6. The molecule has 0 atom stereocenters. The number of hydrogen-bond donors (Lipinski definition) is 1. The molecule has 8 heteroatoms. The van der Waals surface area contributed by atoms with Crippen LogP contribution in [0.25, 0.3) is 10.6 Å². The molecule has 0 aliphatic heterocycles. The molecule has 146 valence electrons. The Hall–Kier alpha value is -2.97. The lowest BCUT2D eigenvalue weighted by Crippen LogP contribution is -1.99. The van der Waals surface area contributed by atoms with E-state index in [0.717, 1.165) is 32.2 Å². The molecule has 0 spiro atoms. The standard InChI is InChI=1S/C21H17BrN4O2S/c1-27-17-9-10-19(28-13-16-4-2-3-11-23-16)18(12-17)20-25-26-21(29-20)24-15-7-5-14(22)6-8-15/h2-12H,13H2,1H3,(H,24,26). The minimum Gasteiger partial charge on any atom is -0.497 e. The summed E-state index contributed by atoms with van der Waals surface area (Å²) in [5.74, 6) is 1.42. The van der Waals surface area contributed by atoms with Crippen LogP contribution in [0.1, 0.15) is 5.69 Å². The predicted octanol–water partition coefficient (Wildman–Crippen LogP) is 5.69. The number of ether oxygens (including phenoxy) is 2. The molecular weight excluding hydrogens is 452 g/mol. The van der Waals surface area contributed by atoms with E-state index in [0.29, 0.717) is 17.5 Å². The lowest BCUT2D eigenvalue weighted by molar-refractivity contribution is 0.302. The van der Waals surface area contributed by atoms with Crippen LogP contribution in [0.5, 0.6) is 11.5 Å². The summed E-state index contributed by atoms with van der Waals surface area (Å²) in [6.45, 7) is 0.364. The van der Waals surface area contributed by atoms with Gasteiger partial charge in [-0.25, -0.2) is 0 Å². The Morgan fingerprint density at radius 1 is 1.03 bits per heavy atom. The summed E-state index contributed by atoms with van der Waals surface area (Å²) in [6, 6.07) is 19.3. The summed E-state index contributed by atoms with van der Waals surface area (Å²) in [5, 5.41) is 13.3. The quantitative estimate of drug-likeness (QED) is 0.375. The van der Waals surface area contributed by atoms with Gasteiger partial charge < -0.3 is 14.8 Å². The minimum absolute atomic E-state index is 0.364. The maximum absolute atomic E-state index is 6.01. The van der Waals surface area contributed by atoms with E-state index in [-0.39, 0.29) is 0 Å². The predicted molar refractivity (Wildman–Crippen MR) is 118 cm³/mol. The number of nitrogens with one attached hydrogen (secondary N) is 1. The van der Waals surface area contributed by atoms with Crippen molar-refractivity contribution in [3.8, 4) is 22.1 Å². The molecule has 2 heterocycles. The van der Waals surface area contributed by atoms with E-state index in [1.54, 1.807) is 13.3 Å². The Bertz CT molecular complexity index is 1090. The van der Waals surface area contributed by atoms with Crippen LogP contribution in [0.3, 0.4) is 0 Å². The van der Waals surface area contributed by atoms with Gasteiger partial charge >= 0.3 is 0 Å². The molecule has 2 aromatic carbocycles. The minimum atomic E-state index is 0.364. The molecule has 4 rings (SSSR count). The fraction of sp³-hybridized carbons (Fsp3) is 0.0952. The third-order valence-electron chi connectivity index (χ3n) is 4.04. The first-order valence-corrected chi connectivity index (χ1v) is 10.4. The molecule has 29 heavy (non-hydrogen) atoms. The van der Waals surface area contributed by atoms with Crippen molar-refractivity contribution in [2.75, 3.05) is 12.4 Å². The lowest BCUT2D eigenvalue weighted by atomic mass is 10.2. The van der Waals surface area contributed by atoms with Gasteiger partial charge in [0.2, 0.25) is 5.13 Å². The maximum atomic E-state index is 6.01. The van der Waals surface area contributed by atoms with Gasteiger partial charge in [-0.05, 0) is 54.6 Å². The van der Waals surface area contributed by atoms with Crippen LogP contribution in [-0.4, -0.2) is 22.3 Å². The van der Waals surface area contributed by atoms with Crippen LogP contribution < -0.4 is 14.8 Å². The third kappa shape index (κ3) is 4.90. The highest BCUT2D eigenvalue weighted by atomic mass is 79.9. The van der Waals surface area contributed by atoms with Crippen molar-refractivity contribution in [3.63, 3.8) is 0 Å². The van der Waals surface area contributed by atoms with Gasteiger partial charge in [0.25, 0.3) is 0 Å². The number of rotatable bonds is 7. The molecule has 0 saturated heterocycles. The SMILES string of the molecule is COc1ccc(OCc2ccccn2)c(-c2nnc(Nc3ccc(Br)cc3)s2)c1. The Morgan fingerprint density at radius 3 is 2.66 bits per heavy atom. The van der Waals surface area contributed by atoms with Crippen LogP contribution in [0.2, 0.25) is 0 Å². The zero-order valence-corrected chi connectivity index (χ0v) is 17.9. The third-order valence-corrected chi connectivity index (χ3v) is 5.44. The van der Waals surface area contributed by atoms with E-state index in [9.17, 15) is 0 Å². The number of hydrogen-bond acceptors (Lipinski definition) is 7. The second-order valence-corrected chi connectivity index (χ2v) is 7.91. The fourth-order valence-corrected chi connectivity index (χ4v) is 3.65. The van der Waals surface area contributed by atoms with Crippen molar-refractivity contribution in [2.24, 2.45) is 0 Å². The lowest BCUT2D eigenvalue weighted by Gasteiger charge is -2.11. The van der Waals surface area contributed by atoms with E-state index in [4.69, 9.17) is 9.47 Å². The first-order valence-electron chi connectivity index (χ1n) is 8.78. The molecule has 1 N–H and O–H groups in total. The first kappa shape index (κ1) is 19.4. The van der Waals surface area contributed by atoms with E-state index < -0.39 is 0 Å². The van der Waals surface area contributed by atoms with Gasteiger partial charge in [0, 0.05) is 16.4 Å². The van der Waals surface area contributed by atoms with Crippen LogP contribution in [-0.2, 0) is 6.61 Å². The molecular formula is C21H17BrN4O2S. The van der Waals surface area contributed by atoms with Crippen molar-refractivity contribution in [1.29, 1.82) is 0 Å². The van der Waals surface area contributed by atoms with Crippen LogP contribution in [0.4, 0.5) is 10.8 Å². The van der Waals surface area contributed by atoms with Crippen LogP contribution >= 0.6 is 27.3 Å². The molecule has 0 unspecified atom stereocenters. The Balaban J connectivity index is 1.57. The first-order chi connectivity index (χ1) is 14.2. The van der Waals surface area contributed by atoms with Crippen molar-refractivity contribution in [2.45, 2.75) is 6.61 Å². The van der Waals surface area contributed by atoms with Gasteiger partial charge in [-0.3, -0.25) is 4.98 Å². The zero-order chi connectivity index (χ0) is 20.1. The average Bonchev–Trinajstić information content (AvgIpc) is 3.23. The van der Waals surface area contributed by atoms with Crippen molar-refractivity contribution in [1.82, 2.24) is 15.2 Å². The number of anilines is 2.